The molecule has 2 unspecified atom stereocenters. The van der Waals surface area contributed by atoms with E-state index in [2.05, 4.69) is 5.43 Å². The van der Waals surface area contributed by atoms with Crippen molar-refractivity contribution in [2.45, 2.75) is 18.4 Å². The van der Waals surface area contributed by atoms with Crippen LogP contribution in [-0.4, -0.2) is 12.6 Å². The van der Waals surface area contributed by atoms with Crippen LogP contribution in [0, 0.1) is 5.82 Å². The molecule has 0 bridgehead atoms. The monoisotopic (exact) mass is 306 g/mol. The van der Waals surface area contributed by atoms with Crippen molar-refractivity contribution in [3.8, 4) is 5.75 Å². The summed E-state index contributed by atoms with van der Waals surface area (Å²) in [5.74, 6) is 6.33. The van der Waals surface area contributed by atoms with Gasteiger partial charge in [-0.2, -0.15) is 0 Å². The van der Waals surface area contributed by atoms with Crippen LogP contribution in [0.15, 0.2) is 42.5 Å². The molecule has 0 amide bonds. The van der Waals surface area contributed by atoms with Crippen molar-refractivity contribution in [1.82, 2.24) is 5.43 Å². The molecule has 110 valence electrons. The highest BCUT2D eigenvalue weighted by Gasteiger charge is 2.30. The molecular formula is C16H16ClFN2O. The van der Waals surface area contributed by atoms with E-state index in [-0.39, 0.29) is 17.0 Å². The highest BCUT2D eigenvalue weighted by Crippen LogP contribution is 2.36. The first kappa shape index (κ1) is 14.3. The van der Waals surface area contributed by atoms with Crippen LogP contribution in [0.2, 0.25) is 5.02 Å². The smallest absolute Gasteiger partial charge is 0.142 e. The lowest BCUT2D eigenvalue weighted by Crippen LogP contribution is -2.42. The summed E-state index contributed by atoms with van der Waals surface area (Å²) in [6.07, 6.45) is 0.604. The standard InChI is InChI=1S/C16H16ClFN2O/c17-13-6-5-10(7-14(13)18)8-15(20-19)12-9-21-16-4-2-1-3-11(12)16/h1-7,12,15,20H,8-9,19H2. The number of nitrogens with one attached hydrogen (secondary N) is 1. The average molecular weight is 307 g/mol. The minimum Gasteiger partial charge on any atom is -0.493 e. The topological polar surface area (TPSA) is 47.3 Å². The van der Waals surface area contributed by atoms with E-state index in [1.807, 2.05) is 30.3 Å². The third-order valence-electron chi connectivity index (χ3n) is 3.88. The summed E-state index contributed by atoms with van der Waals surface area (Å²) < 4.78 is 19.2. The van der Waals surface area contributed by atoms with E-state index < -0.39 is 5.82 Å². The van der Waals surface area contributed by atoms with E-state index >= 15 is 0 Å². The highest BCUT2D eigenvalue weighted by molar-refractivity contribution is 6.30. The molecule has 2 atom stereocenters. The molecule has 0 aromatic heterocycles. The molecule has 3 rings (SSSR count). The van der Waals surface area contributed by atoms with Crippen LogP contribution in [0.3, 0.4) is 0 Å². The number of benzene rings is 2. The average Bonchev–Trinajstić information content (AvgIpc) is 2.92. The molecule has 0 fully saturated rings. The predicted molar refractivity (Wildman–Crippen MR) is 80.9 cm³/mol. The van der Waals surface area contributed by atoms with Crippen LogP contribution in [0.1, 0.15) is 17.0 Å². The van der Waals surface area contributed by atoms with Gasteiger partial charge in [0.1, 0.15) is 11.6 Å². The second-order valence-electron chi connectivity index (χ2n) is 5.18. The Morgan fingerprint density at radius 2 is 2.14 bits per heavy atom. The Hall–Kier alpha value is -1.62. The van der Waals surface area contributed by atoms with Gasteiger partial charge in [-0.05, 0) is 30.2 Å². The summed E-state index contributed by atoms with van der Waals surface area (Å²) in [6.45, 7) is 0.574. The van der Waals surface area contributed by atoms with Crippen molar-refractivity contribution in [1.29, 1.82) is 0 Å². The largest absolute Gasteiger partial charge is 0.493 e. The highest BCUT2D eigenvalue weighted by atomic mass is 35.5. The van der Waals surface area contributed by atoms with Crippen LogP contribution in [0.25, 0.3) is 0 Å². The number of halogens is 2. The second-order valence-corrected chi connectivity index (χ2v) is 5.59. The maximum Gasteiger partial charge on any atom is 0.142 e. The van der Waals surface area contributed by atoms with Crippen LogP contribution >= 0.6 is 11.6 Å². The fourth-order valence-electron chi connectivity index (χ4n) is 2.76. The molecule has 0 spiro atoms. The van der Waals surface area contributed by atoms with Crippen LogP contribution < -0.4 is 16.0 Å². The molecule has 5 heteroatoms. The lowest BCUT2D eigenvalue weighted by molar-refractivity contribution is 0.297. The first-order valence-corrected chi connectivity index (χ1v) is 7.18. The molecule has 1 heterocycles. The number of hydrogen-bond acceptors (Lipinski definition) is 3. The van der Waals surface area contributed by atoms with Gasteiger partial charge in [0.25, 0.3) is 0 Å². The van der Waals surface area contributed by atoms with Gasteiger partial charge in [-0.1, -0.05) is 35.9 Å². The van der Waals surface area contributed by atoms with Gasteiger partial charge in [0.15, 0.2) is 0 Å². The van der Waals surface area contributed by atoms with Gasteiger partial charge in [-0.15, -0.1) is 0 Å². The fraction of sp³-hybridized carbons (Fsp3) is 0.250. The van der Waals surface area contributed by atoms with Crippen molar-refractivity contribution < 1.29 is 9.13 Å². The molecule has 21 heavy (non-hydrogen) atoms. The first-order valence-electron chi connectivity index (χ1n) is 6.81. The number of nitrogens with two attached hydrogens (primary N) is 1. The van der Waals surface area contributed by atoms with Gasteiger partial charge >= 0.3 is 0 Å². The van der Waals surface area contributed by atoms with Gasteiger partial charge in [0, 0.05) is 17.5 Å². The lowest BCUT2D eigenvalue weighted by atomic mass is 9.89. The van der Waals surface area contributed by atoms with Gasteiger partial charge in [0.2, 0.25) is 0 Å². The summed E-state index contributed by atoms with van der Waals surface area (Å²) in [7, 11) is 0. The molecule has 0 saturated carbocycles. The summed E-state index contributed by atoms with van der Waals surface area (Å²) in [5, 5.41) is 0.130. The molecule has 2 aromatic carbocycles. The zero-order valence-electron chi connectivity index (χ0n) is 11.4. The molecular weight excluding hydrogens is 291 g/mol. The van der Waals surface area contributed by atoms with E-state index in [9.17, 15) is 4.39 Å². The number of hydrazine groups is 1. The van der Waals surface area contributed by atoms with Crippen molar-refractivity contribution in [3.63, 3.8) is 0 Å². The lowest BCUT2D eigenvalue weighted by Gasteiger charge is -2.22. The molecule has 0 radical (unpaired) electrons. The maximum atomic E-state index is 13.5. The number of ether oxygens (including phenoxy) is 1. The Morgan fingerprint density at radius 1 is 1.33 bits per heavy atom. The molecule has 1 aliphatic rings. The van der Waals surface area contributed by atoms with Gasteiger partial charge in [-0.25, -0.2) is 4.39 Å². The number of para-hydroxylation sites is 1. The molecule has 3 N–H and O–H groups in total. The zero-order chi connectivity index (χ0) is 14.8. The van der Waals surface area contributed by atoms with E-state index in [1.165, 1.54) is 6.07 Å². The fourth-order valence-corrected chi connectivity index (χ4v) is 2.88. The number of fused-ring (bicyclic) bond motifs is 1. The number of hydrogen-bond donors (Lipinski definition) is 2. The van der Waals surface area contributed by atoms with Gasteiger partial charge in [-0.3, -0.25) is 11.3 Å². The summed E-state index contributed by atoms with van der Waals surface area (Å²) in [6, 6.07) is 12.7. The molecule has 0 aliphatic carbocycles. The van der Waals surface area contributed by atoms with Gasteiger partial charge in [0.05, 0.1) is 11.6 Å². The maximum absolute atomic E-state index is 13.5. The minimum absolute atomic E-state index is 0.0331. The van der Waals surface area contributed by atoms with E-state index in [1.54, 1.807) is 6.07 Å². The molecule has 3 nitrogen and oxygen atoms in total. The molecule has 0 saturated heterocycles. The summed E-state index contributed by atoms with van der Waals surface area (Å²) >= 11 is 5.71. The Labute approximate surface area is 127 Å². The third-order valence-corrected chi connectivity index (χ3v) is 4.18. The van der Waals surface area contributed by atoms with Crippen LogP contribution in [-0.2, 0) is 6.42 Å². The normalized spacial score (nSPS) is 18.1. The van der Waals surface area contributed by atoms with E-state index in [0.717, 1.165) is 16.9 Å². The minimum atomic E-state index is -0.409. The van der Waals surface area contributed by atoms with Crippen molar-refractivity contribution in [2.24, 2.45) is 5.84 Å². The summed E-state index contributed by atoms with van der Waals surface area (Å²) in [5.41, 5.74) is 4.82. The Kier molecular flexibility index (Phi) is 4.10. The van der Waals surface area contributed by atoms with Gasteiger partial charge < -0.3 is 4.74 Å². The van der Waals surface area contributed by atoms with Crippen molar-refractivity contribution in [2.75, 3.05) is 6.61 Å². The number of rotatable bonds is 4. The first-order chi connectivity index (χ1) is 10.2. The van der Waals surface area contributed by atoms with E-state index in [4.69, 9.17) is 22.2 Å². The van der Waals surface area contributed by atoms with E-state index in [0.29, 0.717) is 13.0 Å². The Bertz CT molecular complexity index is 650. The van der Waals surface area contributed by atoms with Crippen LogP contribution in [0.5, 0.6) is 5.75 Å². The predicted octanol–water partition coefficient (Wildman–Crippen LogP) is 3.03. The van der Waals surface area contributed by atoms with Crippen molar-refractivity contribution >= 4 is 11.6 Å². The molecule has 1 aliphatic heterocycles. The Morgan fingerprint density at radius 3 is 2.90 bits per heavy atom. The zero-order valence-corrected chi connectivity index (χ0v) is 12.1. The molecule has 2 aromatic rings. The van der Waals surface area contributed by atoms with Crippen molar-refractivity contribution in [3.05, 3.63) is 64.4 Å². The quantitative estimate of drug-likeness (QED) is 0.674. The van der Waals surface area contributed by atoms with Crippen LogP contribution in [0.4, 0.5) is 4.39 Å². The Balaban J connectivity index is 1.81. The summed E-state index contributed by atoms with van der Waals surface area (Å²) in [4.78, 5) is 0. The second kappa shape index (κ2) is 6.02. The third kappa shape index (κ3) is 2.88. The SMILES string of the molecule is NNC(Cc1ccc(Cl)c(F)c1)C1COc2ccccc21.